The number of halogens is 3. The highest BCUT2D eigenvalue weighted by Crippen LogP contribution is 2.35. The molecule has 0 aliphatic heterocycles. The van der Waals surface area contributed by atoms with Gasteiger partial charge in [-0.2, -0.15) is 18.2 Å². The molecule has 0 saturated heterocycles. The van der Waals surface area contributed by atoms with E-state index in [0.717, 1.165) is 6.07 Å². The number of rotatable bonds is 7. The summed E-state index contributed by atoms with van der Waals surface area (Å²) in [4.78, 5) is 7.35. The predicted molar refractivity (Wildman–Crippen MR) is 112 cm³/mol. The average molecular weight is 463 g/mol. The largest absolute Gasteiger partial charge is 0.481 e. The molecule has 0 spiro atoms. The minimum Gasteiger partial charge on any atom is -0.481 e. The predicted octanol–water partition coefficient (Wildman–Crippen LogP) is 3.64. The lowest BCUT2D eigenvalue weighted by molar-refractivity contribution is -0.137. The Morgan fingerprint density at radius 3 is 2.44 bits per heavy atom. The first-order valence-electron chi connectivity index (χ1n) is 8.84. The molecule has 0 unspecified atom stereocenters. The van der Waals surface area contributed by atoms with Crippen molar-refractivity contribution in [2.45, 2.75) is 11.1 Å². The average Bonchev–Trinajstić information content (AvgIpc) is 2.72. The van der Waals surface area contributed by atoms with Gasteiger partial charge in [0.2, 0.25) is 16.0 Å². The molecule has 3 rings (SSSR count). The first kappa shape index (κ1) is 22.9. The van der Waals surface area contributed by atoms with Crippen LogP contribution in [-0.2, 0) is 16.2 Å². The number of terminal acetylenes is 1. The van der Waals surface area contributed by atoms with Crippen molar-refractivity contribution in [3.05, 3.63) is 60.3 Å². The van der Waals surface area contributed by atoms with Gasteiger partial charge in [0, 0.05) is 17.6 Å². The number of hydrogen-bond acceptors (Lipinski definition) is 7. The number of anilines is 4. The summed E-state index contributed by atoms with van der Waals surface area (Å²) in [7, 11) is -4.04. The maximum Gasteiger partial charge on any atom is 0.421 e. The minimum absolute atomic E-state index is 0.0432. The van der Waals surface area contributed by atoms with E-state index in [1.165, 1.54) is 18.2 Å². The van der Waals surface area contributed by atoms with Gasteiger partial charge < -0.3 is 15.4 Å². The summed E-state index contributed by atoms with van der Waals surface area (Å²) in [5.74, 6) is 2.14. The lowest BCUT2D eigenvalue weighted by Crippen LogP contribution is -2.14. The number of nitrogens with zero attached hydrogens (tertiary/aromatic N) is 2. The van der Waals surface area contributed by atoms with Gasteiger partial charge in [0.15, 0.2) is 0 Å². The molecule has 1 aromatic heterocycles. The van der Waals surface area contributed by atoms with E-state index in [0.29, 0.717) is 17.6 Å². The molecule has 8 nitrogen and oxygen atoms in total. The number of primary sulfonamides is 1. The van der Waals surface area contributed by atoms with Gasteiger partial charge in [0.1, 0.15) is 23.7 Å². The van der Waals surface area contributed by atoms with Crippen LogP contribution in [0.25, 0.3) is 0 Å². The molecule has 0 bridgehead atoms. The Labute approximate surface area is 181 Å². The SMILES string of the molecule is C#CCOc1ccc(Nc2ncc(C(F)(F)F)c(Nc3cccc(S(N)(=O)=O)c3)n2)cc1. The van der Waals surface area contributed by atoms with Crippen LogP contribution in [0.15, 0.2) is 59.6 Å². The number of ether oxygens (including phenoxy) is 1. The number of nitrogens with two attached hydrogens (primary N) is 1. The van der Waals surface area contributed by atoms with Crippen LogP contribution in [-0.4, -0.2) is 25.0 Å². The zero-order valence-electron chi connectivity index (χ0n) is 16.2. The van der Waals surface area contributed by atoms with Gasteiger partial charge in [0.05, 0.1) is 4.90 Å². The van der Waals surface area contributed by atoms with Gasteiger partial charge in [0.25, 0.3) is 0 Å². The molecular weight excluding hydrogens is 447 g/mol. The third kappa shape index (κ3) is 5.87. The summed E-state index contributed by atoms with van der Waals surface area (Å²) in [5, 5.41) is 10.3. The van der Waals surface area contributed by atoms with E-state index in [9.17, 15) is 21.6 Å². The van der Waals surface area contributed by atoms with Crippen molar-refractivity contribution in [2.75, 3.05) is 17.2 Å². The summed E-state index contributed by atoms with van der Waals surface area (Å²) in [6, 6.07) is 11.5. The summed E-state index contributed by atoms with van der Waals surface area (Å²) in [6.45, 7) is 0.0937. The molecule has 3 aromatic rings. The van der Waals surface area contributed by atoms with Gasteiger partial charge in [-0.1, -0.05) is 12.0 Å². The van der Waals surface area contributed by atoms with Crippen LogP contribution >= 0.6 is 0 Å². The standard InChI is InChI=1S/C20H16F3N5O3S/c1-2-10-31-15-8-6-13(7-9-15)27-19-25-12-17(20(21,22)23)18(28-19)26-14-4-3-5-16(11-14)32(24,29)30/h1,3-9,11-12H,10H2,(H2,24,29,30)(H2,25,26,27,28). The fraction of sp³-hybridized carbons (Fsp3) is 0.100. The van der Waals surface area contributed by atoms with E-state index in [1.54, 1.807) is 24.3 Å². The number of hydrogen-bond donors (Lipinski definition) is 3. The van der Waals surface area contributed by atoms with Crippen molar-refractivity contribution in [1.29, 1.82) is 0 Å². The molecule has 12 heteroatoms. The third-order valence-corrected chi connectivity index (χ3v) is 4.86. The van der Waals surface area contributed by atoms with Gasteiger partial charge in [-0.3, -0.25) is 0 Å². The molecule has 0 saturated carbocycles. The van der Waals surface area contributed by atoms with Crippen LogP contribution in [0.5, 0.6) is 5.75 Å². The van der Waals surface area contributed by atoms with E-state index in [-0.39, 0.29) is 23.1 Å². The van der Waals surface area contributed by atoms with Crippen LogP contribution in [0.3, 0.4) is 0 Å². The molecule has 1 heterocycles. The lowest BCUT2D eigenvalue weighted by Gasteiger charge is -2.15. The van der Waals surface area contributed by atoms with Crippen molar-refractivity contribution in [3.63, 3.8) is 0 Å². The Balaban J connectivity index is 1.90. The van der Waals surface area contributed by atoms with Gasteiger partial charge in [-0.25, -0.2) is 18.5 Å². The number of benzene rings is 2. The second-order valence-corrected chi connectivity index (χ2v) is 7.86. The van der Waals surface area contributed by atoms with Gasteiger partial charge in [-0.05, 0) is 42.5 Å². The number of nitrogens with one attached hydrogen (secondary N) is 2. The van der Waals surface area contributed by atoms with Crippen molar-refractivity contribution in [2.24, 2.45) is 5.14 Å². The van der Waals surface area contributed by atoms with Crippen molar-refractivity contribution >= 4 is 33.2 Å². The molecule has 0 atom stereocenters. The quantitative estimate of drug-likeness (QED) is 0.458. The maximum absolute atomic E-state index is 13.4. The molecule has 0 radical (unpaired) electrons. The number of aromatic nitrogens is 2. The minimum atomic E-state index is -4.76. The monoisotopic (exact) mass is 463 g/mol. The molecule has 166 valence electrons. The van der Waals surface area contributed by atoms with Crippen LogP contribution < -0.4 is 20.5 Å². The Kier molecular flexibility index (Phi) is 6.52. The second-order valence-electron chi connectivity index (χ2n) is 6.29. The number of sulfonamides is 1. The molecule has 32 heavy (non-hydrogen) atoms. The fourth-order valence-corrected chi connectivity index (χ4v) is 3.08. The molecule has 4 N–H and O–H groups in total. The Hall–Kier alpha value is -3.82. The van der Waals surface area contributed by atoms with E-state index in [4.69, 9.17) is 16.3 Å². The molecule has 0 aliphatic carbocycles. The molecule has 0 amide bonds. The summed E-state index contributed by atoms with van der Waals surface area (Å²) in [5.41, 5.74) is -0.608. The van der Waals surface area contributed by atoms with Crippen LogP contribution in [0.4, 0.5) is 36.3 Å². The Morgan fingerprint density at radius 2 is 1.81 bits per heavy atom. The zero-order chi connectivity index (χ0) is 23.4. The highest BCUT2D eigenvalue weighted by atomic mass is 32.2. The highest BCUT2D eigenvalue weighted by Gasteiger charge is 2.35. The van der Waals surface area contributed by atoms with Crippen LogP contribution in [0, 0.1) is 12.3 Å². The van der Waals surface area contributed by atoms with E-state index in [1.807, 2.05) is 0 Å². The highest BCUT2D eigenvalue weighted by molar-refractivity contribution is 7.89. The Bertz CT molecular complexity index is 1260. The third-order valence-electron chi connectivity index (χ3n) is 3.95. The van der Waals surface area contributed by atoms with E-state index >= 15 is 0 Å². The van der Waals surface area contributed by atoms with E-state index < -0.39 is 27.6 Å². The fourth-order valence-electron chi connectivity index (χ4n) is 2.52. The second kappa shape index (κ2) is 9.13. The van der Waals surface area contributed by atoms with E-state index in [2.05, 4.69) is 26.5 Å². The lowest BCUT2D eigenvalue weighted by atomic mass is 10.2. The smallest absolute Gasteiger partial charge is 0.421 e. The molecule has 0 aliphatic rings. The molecule has 0 fully saturated rings. The summed E-state index contributed by atoms with van der Waals surface area (Å²) >= 11 is 0. The first-order valence-corrected chi connectivity index (χ1v) is 10.4. The summed E-state index contributed by atoms with van der Waals surface area (Å²) in [6.07, 6.45) is 0.985. The van der Waals surface area contributed by atoms with Crippen molar-refractivity contribution in [1.82, 2.24) is 9.97 Å². The first-order chi connectivity index (χ1) is 15.1. The molecule has 2 aromatic carbocycles. The van der Waals surface area contributed by atoms with Crippen molar-refractivity contribution in [3.8, 4) is 18.1 Å². The summed E-state index contributed by atoms with van der Waals surface area (Å²) < 4.78 is 68.6. The van der Waals surface area contributed by atoms with Gasteiger partial charge >= 0.3 is 6.18 Å². The van der Waals surface area contributed by atoms with Gasteiger partial charge in [-0.15, -0.1) is 6.42 Å². The number of alkyl halides is 3. The van der Waals surface area contributed by atoms with Crippen LogP contribution in [0.2, 0.25) is 0 Å². The van der Waals surface area contributed by atoms with Crippen LogP contribution in [0.1, 0.15) is 5.56 Å². The normalized spacial score (nSPS) is 11.5. The molecular formula is C20H16F3N5O3S. The zero-order valence-corrected chi connectivity index (χ0v) is 17.0. The topological polar surface area (TPSA) is 119 Å². The maximum atomic E-state index is 13.4. The Morgan fingerprint density at radius 1 is 1.09 bits per heavy atom. The van der Waals surface area contributed by atoms with Crippen molar-refractivity contribution < 1.29 is 26.3 Å².